The van der Waals surface area contributed by atoms with E-state index in [1.165, 1.54) is 12.0 Å². The molecule has 76 valence electrons. The average molecular weight is 191 g/mol. The molecule has 2 nitrogen and oxygen atoms in total. The molecule has 1 saturated heterocycles. The first kappa shape index (κ1) is 9.53. The van der Waals surface area contributed by atoms with Gasteiger partial charge in [-0.1, -0.05) is 19.1 Å². The fourth-order valence-electron chi connectivity index (χ4n) is 2.02. The van der Waals surface area contributed by atoms with Crippen molar-refractivity contribution in [2.45, 2.75) is 19.4 Å². The van der Waals surface area contributed by atoms with Crippen molar-refractivity contribution in [3.05, 3.63) is 29.8 Å². The first-order valence-corrected chi connectivity index (χ1v) is 5.17. The molecule has 2 unspecified atom stereocenters. The molecule has 1 aliphatic rings. The van der Waals surface area contributed by atoms with Gasteiger partial charge in [-0.2, -0.15) is 0 Å². The Morgan fingerprint density at radius 2 is 2.29 bits per heavy atom. The summed E-state index contributed by atoms with van der Waals surface area (Å²) in [6, 6.07) is 8.84. The molecule has 1 fully saturated rings. The van der Waals surface area contributed by atoms with Gasteiger partial charge in [0.1, 0.15) is 5.75 Å². The minimum Gasteiger partial charge on any atom is -0.497 e. The number of benzene rings is 1. The van der Waals surface area contributed by atoms with Gasteiger partial charge in [0.15, 0.2) is 0 Å². The highest BCUT2D eigenvalue weighted by molar-refractivity contribution is 5.31. The quantitative estimate of drug-likeness (QED) is 0.775. The molecule has 1 aromatic rings. The van der Waals surface area contributed by atoms with Crippen molar-refractivity contribution in [1.29, 1.82) is 0 Å². The maximum absolute atomic E-state index is 5.21. The van der Waals surface area contributed by atoms with E-state index in [9.17, 15) is 0 Å². The molecule has 2 atom stereocenters. The summed E-state index contributed by atoms with van der Waals surface area (Å²) >= 11 is 0. The Bertz CT molecular complexity index is 311. The molecule has 0 radical (unpaired) electrons. The van der Waals surface area contributed by atoms with E-state index in [0.717, 1.165) is 18.2 Å². The van der Waals surface area contributed by atoms with Gasteiger partial charge in [-0.25, -0.2) is 0 Å². The summed E-state index contributed by atoms with van der Waals surface area (Å²) in [5.74, 6) is 1.73. The van der Waals surface area contributed by atoms with Crippen molar-refractivity contribution >= 4 is 0 Å². The normalized spacial score (nSPS) is 26.4. The van der Waals surface area contributed by atoms with Gasteiger partial charge in [0.25, 0.3) is 0 Å². The highest BCUT2D eigenvalue weighted by Crippen LogP contribution is 2.28. The molecule has 0 spiro atoms. The van der Waals surface area contributed by atoms with E-state index in [1.807, 2.05) is 6.07 Å². The van der Waals surface area contributed by atoms with Gasteiger partial charge in [0.05, 0.1) is 7.11 Å². The van der Waals surface area contributed by atoms with Crippen molar-refractivity contribution < 1.29 is 4.74 Å². The zero-order valence-corrected chi connectivity index (χ0v) is 8.79. The van der Waals surface area contributed by atoms with Crippen molar-refractivity contribution in [3.63, 3.8) is 0 Å². The van der Waals surface area contributed by atoms with Gasteiger partial charge in [-0.3, -0.25) is 0 Å². The monoisotopic (exact) mass is 191 g/mol. The molecule has 0 amide bonds. The van der Waals surface area contributed by atoms with Crippen LogP contribution in [0.25, 0.3) is 0 Å². The largest absolute Gasteiger partial charge is 0.497 e. The number of ether oxygens (including phenoxy) is 1. The molecule has 2 rings (SSSR count). The van der Waals surface area contributed by atoms with Gasteiger partial charge in [-0.05, 0) is 36.6 Å². The van der Waals surface area contributed by atoms with Gasteiger partial charge in [0, 0.05) is 6.04 Å². The van der Waals surface area contributed by atoms with Gasteiger partial charge in [-0.15, -0.1) is 0 Å². The van der Waals surface area contributed by atoms with Crippen LogP contribution in [-0.4, -0.2) is 13.7 Å². The third-order valence-electron chi connectivity index (χ3n) is 2.85. The molecule has 0 bridgehead atoms. The van der Waals surface area contributed by atoms with Crippen molar-refractivity contribution in [3.8, 4) is 5.75 Å². The van der Waals surface area contributed by atoms with Crippen LogP contribution in [0.15, 0.2) is 24.3 Å². The van der Waals surface area contributed by atoms with Crippen LogP contribution in [-0.2, 0) is 0 Å². The van der Waals surface area contributed by atoms with Crippen LogP contribution in [0, 0.1) is 5.92 Å². The van der Waals surface area contributed by atoms with Crippen LogP contribution >= 0.6 is 0 Å². The number of hydrogen-bond acceptors (Lipinski definition) is 2. The van der Waals surface area contributed by atoms with Crippen molar-refractivity contribution in [1.82, 2.24) is 5.32 Å². The summed E-state index contributed by atoms with van der Waals surface area (Å²) in [6.45, 7) is 3.41. The van der Waals surface area contributed by atoms with Crippen molar-refractivity contribution in [2.24, 2.45) is 5.92 Å². The Kier molecular flexibility index (Phi) is 2.73. The number of nitrogens with one attached hydrogen (secondary N) is 1. The average Bonchev–Trinajstić information content (AvgIpc) is 2.65. The Balaban J connectivity index is 2.15. The minimum absolute atomic E-state index is 0.514. The van der Waals surface area contributed by atoms with E-state index >= 15 is 0 Å². The summed E-state index contributed by atoms with van der Waals surface area (Å²) in [5.41, 5.74) is 1.34. The first-order valence-electron chi connectivity index (χ1n) is 5.17. The zero-order chi connectivity index (χ0) is 9.97. The molecule has 2 heteroatoms. The molecule has 1 aromatic carbocycles. The summed E-state index contributed by atoms with van der Waals surface area (Å²) in [6.07, 6.45) is 1.23. The first-order chi connectivity index (χ1) is 6.79. The second-order valence-corrected chi connectivity index (χ2v) is 4.08. The van der Waals surface area contributed by atoms with E-state index in [0.29, 0.717) is 6.04 Å². The smallest absolute Gasteiger partial charge is 0.119 e. The molecular weight excluding hydrogens is 174 g/mol. The maximum Gasteiger partial charge on any atom is 0.119 e. The molecule has 1 aliphatic heterocycles. The fourth-order valence-corrected chi connectivity index (χ4v) is 2.02. The second kappa shape index (κ2) is 4.01. The summed E-state index contributed by atoms with van der Waals surface area (Å²) in [5, 5.41) is 3.52. The third kappa shape index (κ3) is 1.90. The topological polar surface area (TPSA) is 21.3 Å². The lowest BCUT2D eigenvalue weighted by Crippen LogP contribution is -2.13. The predicted octanol–water partition coefficient (Wildman–Crippen LogP) is 2.37. The van der Waals surface area contributed by atoms with Crippen LogP contribution in [0.2, 0.25) is 0 Å². The Morgan fingerprint density at radius 3 is 2.93 bits per heavy atom. The summed E-state index contributed by atoms with van der Waals surface area (Å²) in [7, 11) is 1.71. The highest BCUT2D eigenvalue weighted by Gasteiger charge is 2.21. The molecule has 1 heterocycles. The fraction of sp³-hybridized carbons (Fsp3) is 0.500. The van der Waals surface area contributed by atoms with Crippen LogP contribution in [0.3, 0.4) is 0 Å². The van der Waals surface area contributed by atoms with Crippen LogP contribution in [0.5, 0.6) is 5.75 Å². The zero-order valence-electron chi connectivity index (χ0n) is 8.79. The number of hydrogen-bond donors (Lipinski definition) is 1. The van der Waals surface area contributed by atoms with Crippen LogP contribution in [0.4, 0.5) is 0 Å². The molecular formula is C12H17NO. The highest BCUT2D eigenvalue weighted by atomic mass is 16.5. The maximum atomic E-state index is 5.21. The predicted molar refractivity (Wildman–Crippen MR) is 57.5 cm³/mol. The van der Waals surface area contributed by atoms with E-state index < -0.39 is 0 Å². The number of rotatable bonds is 2. The molecule has 14 heavy (non-hydrogen) atoms. The van der Waals surface area contributed by atoms with Gasteiger partial charge in [0.2, 0.25) is 0 Å². The van der Waals surface area contributed by atoms with E-state index in [1.54, 1.807) is 7.11 Å². The molecule has 1 N–H and O–H groups in total. The molecule has 0 saturated carbocycles. The third-order valence-corrected chi connectivity index (χ3v) is 2.85. The van der Waals surface area contributed by atoms with Crippen LogP contribution < -0.4 is 10.1 Å². The standard InChI is InChI=1S/C12H17NO/c1-9-6-12(13-8-9)10-4-3-5-11(7-10)14-2/h3-5,7,9,12-13H,6,8H2,1-2H3. The number of methoxy groups -OCH3 is 1. The van der Waals surface area contributed by atoms with Gasteiger partial charge < -0.3 is 10.1 Å². The van der Waals surface area contributed by atoms with E-state index in [-0.39, 0.29) is 0 Å². The SMILES string of the molecule is COc1cccc(C2CC(C)CN2)c1. The lowest BCUT2D eigenvalue weighted by Gasteiger charge is -2.11. The summed E-state index contributed by atoms with van der Waals surface area (Å²) in [4.78, 5) is 0. The van der Waals surface area contributed by atoms with Crippen molar-refractivity contribution in [2.75, 3.05) is 13.7 Å². The van der Waals surface area contributed by atoms with E-state index in [2.05, 4.69) is 30.4 Å². The Labute approximate surface area is 85.3 Å². The summed E-state index contributed by atoms with van der Waals surface area (Å²) < 4.78 is 5.21. The Hall–Kier alpha value is -1.02. The van der Waals surface area contributed by atoms with Crippen LogP contribution in [0.1, 0.15) is 24.9 Å². The molecule has 0 aliphatic carbocycles. The van der Waals surface area contributed by atoms with E-state index in [4.69, 9.17) is 4.74 Å². The minimum atomic E-state index is 0.514. The van der Waals surface area contributed by atoms with Gasteiger partial charge >= 0.3 is 0 Å². The second-order valence-electron chi connectivity index (χ2n) is 4.08. The molecule has 0 aromatic heterocycles. The lowest BCUT2D eigenvalue weighted by molar-refractivity contribution is 0.413. The lowest BCUT2D eigenvalue weighted by atomic mass is 10.0. The Morgan fingerprint density at radius 1 is 1.43 bits per heavy atom.